The zero-order chi connectivity index (χ0) is 9.84. The predicted octanol–water partition coefficient (Wildman–Crippen LogP) is 3.21. The maximum absolute atomic E-state index is 5.70. The molecule has 0 unspecified atom stereocenters. The monoisotopic (exact) mass is 194 g/mol. The van der Waals surface area contributed by atoms with E-state index in [0.717, 1.165) is 21.6 Å². The predicted molar refractivity (Wildman–Crippen MR) is 60.1 cm³/mol. The van der Waals surface area contributed by atoms with Gasteiger partial charge in [0.2, 0.25) is 0 Å². The summed E-state index contributed by atoms with van der Waals surface area (Å²) in [4.78, 5) is 5.37. The van der Waals surface area contributed by atoms with Crippen LogP contribution >= 0.6 is 11.3 Å². The molecule has 0 bridgehead atoms. The van der Waals surface area contributed by atoms with Crippen molar-refractivity contribution in [2.75, 3.05) is 5.73 Å². The van der Waals surface area contributed by atoms with Gasteiger partial charge >= 0.3 is 0 Å². The van der Waals surface area contributed by atoms with Crippen molar-refractivity contribution in [1.82, 2.24) is 4.98 Å². The van der Waals surface area contributed by atoms with Crippen LogP contribution in [0.4, 0.5) is 5.69 Å². The molecule has 0 aliphatic carbocycles. The summed E-state index contributed by atoms with van der Waals surface area (Å²) in [7, 11) is 0. The van der Waals surface area contributed by atoms with Gasteiger partial charge in [0, 0.05) is 16.5 Å². The van der Waals surface area contributed by atoms with Crippen LogP contribution in [0.15, 0.2) is 17.5 Å². The lowest BCUT2D eigenvalue weighted by atomic mass is 10.3. The molecule has 3 heteroatoms. The highest BCUT2D eigenvalue weighted by atomic mass is 32.1. The van der Waals surface area contributed by atoms with E-state index in [9.17, 15) is 0 Å². The first-order valence-corrected chi connectivity index (χ1v) is 5.25. The molecule has 0 atom stereocenters. The summed E-state index contributed by atoms with van der Waals surface area (Å²) in [6.07, 6.45) is 0. The fraction of sp³-hybridized carbons (Fsp3) is 0.300. The molecule has 0 amide bonds. The number of hydrogen-bond acceptors (Lipinski definition) is 3. The molecule has 2 aromatic heterocycles. The second kappa shape index (κ2) is 4.23. The van der Waals surface area contributed by atoms with E-state index in [1.54, 1.807) is 11.3 Å². The molecule has 70 valence electrons. The highest BCUT2D eigenvalue weighted by molar-refractivity contribution is 7.17. The molecule has 2 N–H and O–H groups in total. The maximum Gasteiger partial charge on any atom is 0.125 e. The topological polar surface area (TPSA) is 38.9 Å². The zero-order valence-electron chi connectivity index (χ0n) is 8.16. The van der Waals surface area contributed by atoms with Gasteiger partial charge in [0.25, 0.3) is 0 Å². The average molecular weight is 194 g/mol. The van der Waals surface area contributed by atoms with E-state index in [0.29, 0.717) is 0 Å². The molecule has 0 spiro atoms. The van der Waals surface area contributed by atoms with E-state index in [2.05, 4.69) is 4.98 Å². The number of aromatic nitrogens is 1. The summed E-state index contributed by atoms with van der Waals surface area (Å²) in [5.41, 5.74) is 7.57. The second-order valence-corrected chi connectivity index (χ2v) is 3.35. The Hall–Kier alpha value is -1.09. The van der Waals surface area contributed by atoms with Gasteiger partial charge in [-0.15, -0.1) is 11.3 Å². The van der Waals surface area contributed by atoms with Crippen LogP contribution in [0.25, 0.3) is 10.2 Å². The number of nitrogen functional groups attached to an aromatic ring is 1. The molecule has 0 aliphatic rings. The third-order valence-corrected chi connectivity index (χ3v) is 2.51. The van der Waals surface area contributed by atoms with E-state index in [4.69, 9.17) is 5.73 Å². The number of nitrogens with two attached hydrogens (primary N) is 1. The number of aryl methyl sites for hydroxylation is 1. The Morgan fingerprint density at radius 3 is 2.69 bits per heavy atom. The Morgan fingerprint density at radius 1 is 1.31 bits per heavy atom. The molecule has 2 heterocycles. The van der Waals surface area contributed by atoms with Gasteiger partial charge in [-0.05, 0) is 19.1 Å². The Kier molecular flexibility index (Phi) is 3.25. The van der Waals surface area contributed by atoms with E-state index < -0.39 is 0 Å². The first-order valence-electron chi connectivity index (χ1n) is 4.38. The molecule has 0 aliphatic heterocycles. The maximum atomic E-state index is 5.70. The minimum atomic E-state index is 0.831. The Balaban J connectivity index is 0.000000396. The van der Waals surface area contributed by atoms with Crippen LogP contribution in [0.2, 0.25) is 0 Å². The normalized spacial score (nSPS) is 9.46. The van der Waals surface area contributed by atoms with Crippen LogP contribution in [0.1, 0.15) is 19.5 Å². The highest BCUT2D eigenvalue weighted by Crippen LogP contribution is 2.25. The van der Waals surface area contributed by atoms with E-state index >= 15 is 0 Å². The Morgan fingerprint density at radius 2 is 2.00 bits per heavy atom. The molecule has 0 aromatic carbocycles. The van der Waals surface area contributed by atoms with Gasteiger partial charge in [-0.2, -0.15) is 0 Å². The summed E-state index contributed by atoms with van der Waals surface area (Å²) in [6, 6.07) is 3.99. The molecular formula is C10H14N2S. The van der Waals surface area contributed by atoms with E-state index in [-0.39, 0.29) is 0 Å². The average Bonchev–Trinajstić information content (AvgIpc) is 2.51. The van der Waals surface area contributed by atoms with Crippen molar-refractivity contribution < 1.29 is 0 Å². The smallest absolute Gasteiger partial charge is 0.125 e. The van der Waals surface area contributed by atoms with Gasteiger partial charge in [0.15, 0.2) is 0 Å². The van der Waals surface area contributed by atoms with Crippen LogP contribution in [0.5, 0.6) is 0 Å². The molecule has 0 fully saturated rings. The molecule has 0 radical (unpaired) electrons. The van der Waals surface area contributed by atoms with Crippen molar-refractivity contribution in [2.45, 2.75) is 20.8 Å². The van der Waals surface area contributed by atoms with Crippen molar-refractivity contribution in [3.63, 3.8) is 0 Å². The van der Waals surface area contributed by atoms with Crippen LogP contribution in [-0.4, -0.2) is 4.98 Å². The van der Waals surface area contributed by atoms with Gasteiger partial charge in [-0.3, -0.25) is 0 Å². The van der Waals surface area contributed by atoms with Crippen molar-refractivity contribution in [3.8, 4) is 0 Å². The zero-order valence-corrected chi connectivity index (χ0v) is 8.98. The van der Waals surface area contributed by atoms with Crippen LogP contribution in [0, 0.1) is 6.92 Å². The largest absolute Gasteiger partial charge is 0.398 e. The fourth-order valence-corrected chi connectivity index (χ4v) is 1.90. The number of hydrogen-bond donors (Lipinski definition) is 1. The van der Waals surface area contributed by atoms with Crippen LogP contribution in [0.3, 0.4) is 0 Å². The standard InChI is InChI=1S/C8H8N2S.C2H6/c1-5-2-3-6-7(9)4-11-8(6)10-5;1-2/h2-4H,9H2,1H3;1-2H3. The second-order valence-electron chi connectivity index (χ2n) is 2.50. The summed E-state index contributed by atoms with van der Waals surface area (Å²) in [6.45, 7) is 5.98. The third-order valence-electron chi connectivity index (χ3n) is 1.61. The van der Waals surface area contributed by atoms with Gasteiger partial charge in [-0.25, -0.2) is 4.98 Å². The number of fused-ring (bicyclic) bond motifs is 1. The third kappa shape index (κ3) is 1.98. The molecule has 0 saturated carbocycles. The number of rotatable bonds is 0. The van der Waals surface area contributed by atoms with Gasteiger partial charge in [0.05, 0.1) is 5.69 Å². The molecule has 2 aromatic rings. The summed E-state index contributed by atoms with van der Waals surface area (Å²) in [5, 5.41) is 3.00. The van der Waals surface area contributed by atoms with Gasteiger partial charge < -0.3 is 5.73 Å². The number of nitrogens with zero attached hydrogens (tertiary/aromatic N) is 1. The summed E-state index contributed by atoms with van der Waals surface area (Å²) < 4.78 is 0. The highest BCUT2D eigenvalue weighted by Gasteiger charge is 2.00. The minimum Gasteiger partial charge on any atom is -0.398 e. The van der Waals surface area contributed by atoms with Crippen molar-refractivity contribution >= 4 is 27.2 Å². The van der Waals surface area contributed by atoms with Crippen molar-refractivity contribution in [2.24, 2.45) is 0 Å². The lowest BCUT2D eigenvalue weighted by molar-refractivity contribution is 1.27. The lowest BCUT2D eigenvalue weighted by Gasteiger charge is -1.91. The van der Waals surface area contributed by atoms with Crippen LogP contribution < -0.4 is 5.73 Å². The summed E-state index contributed by atoms with van der Waals surface area (Å²) >= 11 is 1.59. The van der Waals surface area contributed by atoms with E-state index in [1.807, 2.05) is 38.3 Å². The van der Waals surface area contributed by atoms with Crippen molar-refractivity contribution in [1.29, 1.82) is 0 Å². The first kappa shape index (κ1) is 9.99. The molecule has 0 saturated heterocycles. The number of pyridine rings is 1. The lowest BCUT2D eigenvalue weighted by Crippen LogP contribution is -1.82. The molecular weight excluding hydrogens is 180 g/mol. The minimum absolute atomic E-state index is 0.831. The quantitative estimate of drug-likeness (QED) is 0.699. The molecule has 2 rings (SSSR count). The Labute approximate surface area is 82.4 Å². The number of thiophene rings is 1. The summed E-state index contributed by atoms with van der Waals surface area (Å²) in [5.74, 6) is 0. The molecule has 13 heavy (non-hydrogen) atoms. The van der Waals surface area contributed by atoms with Crippen LogP contribution in [-0.2, 0) is 0 Å². The fourth-order valence-electron chi connectivity index (χ4n) is 1.03. The number of anilines is 1. The molecule has 2 nitrogen and oxygen atoms in total. The van der Waals surface area contributed by atoms with Gasteiger partial charge in [0.1, 0.15) is 4.83 Å². The van der Waals surface area contributed by atoms with Crippen molar-refractivity contribution in [3.05, 3.63) is 23.2 Å². The van der Waals surface area contributed by atoms with Gasteiger partial charge in [-0.1, -0.05) is 13.8 Å². The first-order chi connectivity index (χ1) is 6.27. The SMILES string of the molecule is CC.Cc1ccc2c(N)csc2n1. The Bertz CT molecular complexity index is 393. The van der Waals surface area contributed by atoms with E-state index in [1.165, 1.54) is 0 Å².